The van der Waals surface area contributed by atoms with Gasteiger partial charge in [0.05, 0.1) is 12.8 Å². The van der Waals surface area contributed by atoms with E-state index in [4.69, 9.17) is 4.74 Å². The standard InChI is InChI=1S/C23H26N4O2/c1-14(2)17-8-6-7-9-18(17)25-22(28)20-13-16(4)24-23(27-20)26-19-12-15(3)10-11-21(19)29-5/h6-14H,1-5H3,(H,25,28)(H,24,26,27). The zero-order chi connectivity index (χ0) is 21.0. The summed E-state index contributed by atoms with van der Waals surface area (Å²) in [6.07, 6.45) is 0. The second-order valence-electron chi connectivity index (χ2n) is 7.24. The average Bonchev–Trinajstić information content (AvgIpc) is 2.68. The lowest BCUT2D eigenvalue weighted by molar-refractivity contribution is 0.102. The number of benzene rings is 2. The smallest absolute Gasteiger partial charge is 0.274 e. The van der Waals surface area contributed by atoms with Gasteiger partial charge in [0.25, 0.3) is 5.91 Å². The first-order valence-corrected chi connectivity index (χ1v) is 9.55. The zero-order valence-electron chi connectivity index (χ0n) is 17.4. The van der Waals surface area contributed by atoms with Gasteiger partial charge in [-0.2, -0.15) is 0 Å². The van der Waals surface area contributed by atoms with Crippen molar-refractivity contribution in [3.63, 3.8) is 0 Å². The summed E-state index contributed by atoms with van der Waals surface area (Å²) in [6.45, 7) is 8.01. The highest BCUT2D eigenvalue weighted by Gasteiger charge is 2.15. The highest BCUT2D eigenvalue weighted by Crippen LogP contribution is 2.28. The highest BCUT2D eigenvalue weighted by molar-refractivity contribution is 6.03. The molecule has 1 aromatic heterocycles. The number of aryl methyl sites for hydroxylation is 2. The fourth-order valence-corrected chi connectivity index (χ4v) is 3.08. The van der Waals surface area contributed by atoms with Crippen molar-refractivity contribution in [1.29, 1.82) is 0 Å². The fourth-order valence-electron chi connectivity index (χ4n) is 3.08. The Balaban J connectivity index is 1.88. The summed E-state index contributed by atoms with van der Waals surface area (Å²) in [6, 6.07) is 15.3. The number of nitrogens with zero attached hydrogens (tertiary/aromatic N) is 2. The minimum atomic E-state index is -0.275. The van der Waals surface area contributed by atoms with Crippen molar-refractivity contribution in [3.8, 4) is 5.75 Å². The van der Waals surface area contributed by atoms with Crippen LogP contribution in [0.3, 0.4) is 0 Å². The van der Waals surface area contributed by atoms with E-state index in [-0.39, 0.29) is 5.91 Å². The molecule has 0 radical (unpaired) electrons. The Morgan fingerprint density at radius 2 is 1.76 bits per heavy atom. The summed E-state index contributed by atoms with van der Waals surface area (Å²) in [5.41, 5.74) is 4.67. The van der Waals surface area contributed by atoms with Gasteiger partial charge in [-0.1, -0.05) is 38.1 Å². The zero-order valence-corrected chi connectivity index (χ0v) is 17.4. The SMILES string of the molecule is COc1ccc(C)cc1Nc1nc(C)cc(C(=O)Nc2ccccc2C(C)C)n1. The van der Waals surface area contributed by atoms with Gasteiger partial charge < -0.3 is 15.4 Å². The van der Waals surface area contributed by atoms with Crippen LogP contribution in [0.1, 0.15) is 47.1 Å². The number of amides is 1. The molecular formula is C23H26N4O2. The maximum Gasteiger partial charge on any atom is 0.274 e. The third-order valence-corrected chi connectivity index (χ3v) is 4.52. The van der Waals surface area contributed by atoms with Crippen LogP contribution in [0.25, 0.3) is 0 Å². The number of methoxy groups -OCH3 is 1. The van der Waals surface area contributed by atoms with Crippen molar-refractivity contribution in [2.24, 2.45) is 0 Å². The van der Waals surface area contributed by atoms with Crippen molar-refractivity contribution in [2.45, 2.75) is 33.6 Å². The highest BCUT2D eigenvalue weighted by atomic mass is 16.5. The van der Waals surface area contributed by atoms with Crippen molar-refractivity contribution >= 4 is 23.2 Å². The molecule has 1 amide bonds. The normalized spacial score (nSPS) is 10.7. The number of carbonyl (C=O) groups is 1. The minimum absolute atomic E-state index is 0.275. The molecule has 2 aromatic carbocycles. The van der Waals surface area contributed by atoms with E-state index in [1.54, 1.807) is 13.2 Å². The van der Waals surface area contributed by atoms with E-state index >= 15 is 0 Å². The largest absolute Gasteiger partial charge is 0.495 e. The van der Waals surface area contributed by atoms with E-state index < -0.39 is 0 Å². The Hall–Kier alpha value is -3.41. The van der Waals surface area contributed by atoms with Crippen molar-refractivity contribution in [1.82, 2.24) is 9.97 Å². The molecule has 0 saturated heterocycles. The molecule has 0 aliphatic rings. The summed E-state index contributed by atoms with van der Waals surface area (Å²) >= 11 is 0. The first kappa shape index (κ1) is 20.3. The molecule has 0 spiro atoms. The quantitative estimate of drug-likeness (QED) is 0.603. The van der Waals surface area contributed by atoms with Crippen LogP contribution in [0.2, 0.25) is 0 Å². The molecule has 0 saturated carbocycles. The molecular weight excluding hydrogens is 364 g/mol. The van der Waals surface area contributed by atoms with Crippen LogP contribution >= 0.6 is 0 Å². The van der Waals surface area contributed by atoms with Gasteiger partial charge in [-0.15, -0.1) is 0 Å². The number of para-hydroxylation sites is 1. The Kier molecular flexibility index (Phi) is 6.12. The maximum absolute atomic E-state index is 12.9. The summed E-state index contributed by atoms with van der Waals surface area (Å²) in [5.74, 6) is 1.04. The molecule has 0 atom stereocenters. The second-order valence-corrected chi connectivity index (χ2v) is 7.24. The van der Waals surface area contributed by atoms with E-state index in [0.717, 1.165) is 22.5 Å². The molecule has 1 heterocycles. The number of nitrogens with one attached hydrogen (secondary N) is 2. The van der Waals surface area contributed by atoms with Crippen molar-refractivity contribution in [3.05, 3.63) is 71.0 Å². The number of hydrogen-bond donors (Lipinski definition) is 2. The third kappa shape index (κ3) is 4.90. The average molecular weight is 390 g/mol. The minimum Gasteiger partial charge on any atom is -0.495 e. The molecule has 0 bridgehead atoms. The molecule has 2 N–H and O–H groups in total. The lowest BCUT2D eigenvalue weighted by Gasteiger charge is -2.14. The van der Waals surface area contributed by atoms with E-state index in [2.05, 4.69) is 34.4 Å². The second kappa shape index (κ2) is 8.73. The Labute approximate surface area is 171 Å². The van der Waals surface area contributed by atoms with Crippen LogP contribution in [0.5, 0.6) is 5.75 Å². The summed E-state index contributed by atoms with van der Waals surface area (Å²) in [7, 11) is 1.61. The molecule has 6 heteroatoms. The van der Waals surface area contributed by atoms with Gasteiger partial charge in [-0.25, -0.2) is 9.97 Å². The van der Waals surface area contributed by atoms with Crippen LogP contribution in [0, 0.1) is 13.8 Å². The predicted octanol–water partition coefficient (Wildman–Crippen LogP) is 5.22. The topological polar surface area (TPSA) is 76.1 Å². The summed E-state index contributed by atoms with van der Waals surface area (Å²) in [5, 5.41) is 6.14. The summed E-state index contributed by atoms with van der Waals surface area (Å²) in [4.78, 5) is 21.7. The molecule has 3 aromatic rings. The molecule has 0 fully saturated rings. The van der Waals surface area contributed by atoms with E-state index in [1.165, 1.54) is 0 Å². The number of hydrogen-bond acceptors (Lipinski definition) is 5. The van der Waals surface area contributed by atoms with Crippen LogP contribution in [0.4, 0.5) is 17.3 Å². The van der Waals surface area contributed by atoms with Crippen LogP contribution in [-0.4, -0.2) is 23.0 Å². The number of ether oxygens (including phenoxy) is 1. The maximum atomic E-state index is 12.9. The molecule has 0 unspecified atom stereocenters. The third-order valence-electron chi connectivity index (χ3n) is 4.52. The van der Waals surface area contributed by atoms with Crippen LogP contribution in [0.15, 0.2) is 48.5 Å². The molecule has 0 aliphatic carbocycles. The molecule has 3 rings (SSSR count). The van der Waals surface area contributed by atoms with Crippen LogP contribution < -0.4 is 15.4 Å². The monoisotopic (exact) mass is 390 g/mol. The Morgan fingerprint density at radius 1 is 1.00 bits per heavy atom. The van der Waals surface area contributed by atoms with Gasteiger partial charge in [-0.3, -0.25) is 4.79 Å². The number of aromatic nitrogens is 2. The Bertz CT molecular complexity index is 1030. The fraction of sp³-hybridized carbons (Fsp3) is 0.261. The number of rotatable bonds is 6. The first-order chi connectivity index (χ1) is 13.9. The lowest BCUT2D eigenvalue weighted by Crippen LogP contribution is -2.16. The van der Waals surface area contributed by atoms with Gasteiger partial charge in [-0.05, 0) is 55.2 Å². The summed E-state index contributed by atoms with van der Waals surface area (Å²) < 4.78 is 5.40. The lowest BCUT2D eigenvalue weighted by atomic mass is 10.0. The molecule has 150 valence electrons. The van der Waals surface area contributed by atoms with Gasteiger partial charge in [0.15, 0.2) is 0 Å². The van der Waals surface area contributed by atoms with E-state index in [0.29, 0.717) is 29.0 Å². The predicted molar refractivity (Wildman–Crippen MR) is 116 cm³/mol. The molecule has 0 aliphatic heterocycles. The first-order valence-electron chi connectivity index (χ1n) is 9.55. The molecule has 29 heavy (non-hydrogen) atoms. The number of carbonyl (C=O) groups excluding carboxylic acids is 1. The van der Waals surface area contributed by atoms with Gasteiger partial charge in [0, 0.05) is 11.4 Å². The number of anilines is 3. The van der Waals surface area contributed by atoms with E-state index in [1.807, 2.05) is 56.3 Å². The molecule has 6 nitrogen and oxygen atoms in total. The van der Waals surface area contributed by atoms with Crippen molar-refractivity contribution < 1.29 is 9.53 Å². The van der Waals surface area contributed by atoms with Gasteiger partial charge >= 0.3 is 0 Å². The Morgan fingerprint density at radius 3 is 2.48 bits per heavy atom. The van der Waals surface area contributed by atoms with Crippen LogP contribution in [-0.2, 0) is 0 Å². The van der Waals surface area contributed by atoms with Gasteiger partial charge in [0.2, 0.25) is 5.95 Å². The van der Waals surface area contributed by atoms with Gasteiger partial charge in [0.1, 0.15) is 11.4 Å². The van der Waals surface area contributed by atoms with E-state index in [9.17, 15) is 4.79 Å². The van der Waals surface area contributed by atoms with Crippen molar-refractivity contribution in [2.75, 3.05) is 17.7 Å².